The summed E-state index contributed by atoms with van der Waals surface area (Å²) in [5.41, 5.74) is 0.0417. The Labute approximate surface area is 96.6 Å². The molecule has 1 unspecified atom stereocenters. The number of hydrogen-bond donors (Lipinski definition) is 1. The van der Waals surface area contributed by atoms with Gasteiger partial charge in [0.15, 0.2) is 0 Å². The van der Waals surface area contributed by atoms with E-state index in [0.717, 1.165) is 6.42 Å². The van der Waals surface area contributed by atoms with Gasteiger partial charge in [-0.05, 0) is 27.2 Å². The second kappa shape index (κ2) is 5.41. The molecule has 1 aromatic heterocycles. The van der Waals surface area contributed by atoms with Gasteiger partial charge in [0, 0.05) is 12.6 Å². The van der Waals surface area contributed by atoms with Crippen LogP contribution < -0.4 is 5.32 Å². The molecule has 0 fully saturated rings. The van der Waals surface area contributed by atoms with Crippen LogP contribution in [0.15, 0.2) is 4.52 Å². The van der Waals surface area contributed by atoms with E-state index in [1.54, 1.807) is 7.11 Å². The molecule has 0 aromatic carbocycles. The van der Waals surface area contributed by atoms with Gasteiger partial charge >= 0.3 is 0 Å². The lowest BCUT2D eigenvalue weighted by Crippen LogP contribution is -2.35. The summed E-state index contributed by atoms with van der Waals surface area (Å²) in [5.74, 6) is 1.22. The molecule has 0 radical (unpaired) electrons. The van der Waals surface area contributed by atoms with E-state index in [0.29, 0.717) is 18.3 Å². The zero-order valence-corrected chi connectivity index (χ0v) is 10.7. The molecule has 1 heterocycles. The average molecular weight is 227 g/mol. The quantitative estimate of drug-likeness (QED) is 0.834. The van der Waals surface area contributed by atoms with E-state index >= 15 is 0 Å². The summed E-state index contributed by atoms with van der Waals surface area (Å²) in [4.78, 5) is 4.29. The van der Waals surface area contributed by atoms with E-state index in [9.17, 15) is 0 Å². The van der Waals surface area contributed by atoms with Crippen molar-refractivity contribution in [1.29, 1.82) is 0 Å². The molecule has 0 saturated heterocycles. The molecule has 1 rings (SSSR count). The normalized spacial score (nSPS) is 14.1. The maximum absolute atomic E-state index is 5.24. The molecule has 0 saturated carbocycles. The molecule has 92 valence electrons. The van der Waals surface area contributed by atoms with Crippen molar-refractivity contribution >= 4 is 0 Å². The van der Waals surface area contributed by atoms with Crippen molar-refractivity contribution < 1.29 is 9.26 Å². The number of nitrogens with one attached hydrogen (secondary N) is 1. The highest BCUT2D eigenvalue weighted by atomic mass is 16.5. The van der Waals surface area contributed by atoms with Gasteiger partial charge in [-0.3, -0.25) is 0 Å². The lowest BCUT2D eigenvalue weighted by atomic mass is 10.1. The molecule has 16 heavy (non-hydrogen) atoms. The van der Waals surface area contributed by atoms with Crippen molar-refractivity contribution in [2.45, 2.75) is 52.3 Å². The minimum absolute atomic E-state index is 0.0417. The Balaban J connectivity index is 2.58. The highest BCUT2D eigenvalue weighted by Gasteiger charge is 2.17. The molecule has 0 bridgehead atoms. The summed E-state index contributed by atoms with van der Waals surface area (Å²) in [6, 6.07) is 0. The first kappa shape index (κ1) is 13.1. The van der Waals surface area contributed by atoms with Crippen molar-refractivity contribution in [1.82, 2.24) is 15.5 Å². The highest BCUT2D eigenvalue weighted by molar-refractivity contribution is 4.91. The van der Waals surface area contributed by atoms with E-state index in [1.165, 1.54) is 0 Å². The topological polar surface area (TPSA) is 60.2 Å². The van der Waals surface area contributed by atoms with Crippen LogP contribution in [0.2, 0.25) is 0 Å². The molecule has 0 amide bonds. The summed E-state index contributed by atoms with van der Waals surface area (Å²) in [7, 11) is 1.65. The number of nitrogens with zero attached hydrogens (tertiary/aromatic N) is 2. The Kier molecular flexibility index (Phi) is 4.44. The number of rotatable bonds is 5. The Morgan fingerprint density at radius 1 is 1.44 bits per heavy atom. The van der Waals surface area contributed by atoms with Crippen LogP contribution in [0.5, 0.6) is 0 Å². The fourth-order valence-corrected chi connectivity index (χ4v) is 1.27. The van der Waals surface area contributed by atoms with Gasteiger partial charge in [-0.1, -0.05) is 12.1 Å². The first-order chi connectivity index (χ1) is 7.46. The first-order valence-corrected chi connectivity index (χ1v) is 5.56. The van der Waals surface area contributed by atoms with Crippen LogP contribution in [0.4, 0.5) is 0 Å². The molecule has 0 aliphatic heterocycles. The third kappa shape index (κ3) is 3.90. The van der Waals surface area contributed by atoms with Crippen LogP contribution in [0.1, 0.15) is 51.9 Å². The van der Waals surface area contributed by atoms with Gasteiger partial charge in [0.2, 0.25) is 11.7 Å². The average Bonchev–Trinajstić information content (AvgIpc) is 2.65. The van der Waals surface area contributed by atoms with Crippen LogP contribution in [-0.4, -0.2) is 22.8 Å². The van der Waals surface area contributed by atoms with Crippen molar-refractivity contribution in [3.8, 4) is 0 Å². The Hall–Kier alpha value is -0.940. The largest absolute Gasteiger partial charge is 0.373 e. The molecule has 1 atom stereocenters. The van der Waals surface area contributed by atoms with Crippen LogP contribution in [0.25, 0.3) is 0 Å². The van der Waals surface area contributed by atoms with Gasteiger partial charge < -0.3 is 14.6 Å². The summed E-state index contributed by atoms with van der Waals surface area (Å²) in [6.07, 6.45) is 0.759. The van der Waals surface area contributed by atoms with Gasteiger partial charge in [-0.15, -0.1) is 0 Å². The molecule has 0 spiro atoms. The fraction of sp³-hybridized carbons (Fsp3) is 0.818. The minimum Gasteiger partial charge on any atom is -0.373 e. The van der Waals surface area contributed by atoms with Crippen LogP contribution in [0, 0.1) is 0 Å². The lowest BCUT2D eigenvalue weighted by Gasteiger charge is -2.18. The Morgan fingerprint density at radius 2 is 2.12 bits per heavy atom. The van der Waals surface area contributed by atoms with Gasteiger partial charge in [0.05, 0.1) is 6.54 Å². The zero-order chi connectivity index (χ0) is 12.2. The highest BCUT2D eigenvalue weighted by Crippen LogP contribution is 2.16. The first-order valence-electron chi connectivity index (χ1n) is 5.56. The summed E-state index contributed by atoms with van der Waals surface area (Å²) < 4.78 is 10.4. The molecule has 1 aromatic rings. The predicted molar refractivity (Wildman–Crippen MR) is 60.9 cm³/mol. The second-order valence-electron chi connectivity index (χ2n) is 4.78. The van der Waals surface area contributed by atoms with Crippen LogP contribution >= 0.6 is 0 Å². The lowest BCUT2D eigenvalue weighted by molar-refractivity contribution is 0.0903. The molecular weight excluding hydrogens is 206 g/mol. The van der Waals surface area contributed by atoms with Crippen molar-refractivity contribution in [2.24, 2.45) is 0 Å². The Morgan fingerprint density at radius 3 is 2.62 bits per heavy atom. The van der Waals surface area contributed by atoms with E-state index in [2.05, 4.69) is 36.2 Å². The predicted octanol–water partition coefficient (Wildman–Crippen LogP) is 2.06. The molecular formula is C11H21N3O2. The summed E-state index contributed by atoms with van der Waals surface area (Å²) in [6.45, 7) is 8.88. The van der Waals surface area contributed by atoms with E-state index < -0.39 is 0 Å². The maximum Gasteiger partial charge on any atom is 0.240 e. The minimum atomic E-state index is -0.0767. The molecule has 5 heteroatoms. The third-order valence-electron chi connectivity index (χ3n) is 2.20. The standard InChI is InChI=1S/C11H21N3O2/c1-6-8(15-5)10-13-9(16-14-10)7-12-11(2,3)4/h8,12H,6-7H2,1-5H3. The van der Waals surface area contributed by atoms with Crippen molar-refractivity contribution in [3.63, 3.8) is 0 Å². The fourth-order valence-electron chi connectivity index (χ4n) is 1.27. The summed E-state index contributed by atoms with van der Waals surface area (Å²) >= 11 is 0. The number of methoxy groups -OCH3 is 1. The molecule has 5 nitrogen and oxygen atoms in total. The number of ether oxygens (including phenoxy) is 1. The summed E-state index contributed by atoms with van der Waals surface area (Å²) in [5, 5.41) is 7.20. The second-order valence-corrected chi connectivity index (χ2v) is 4.78. The van der Waals surface area contributed by atoms with Crippen LogP contribution in [0.3, 0.4) is 0 Å². The van der Waals surface area contributed by atoms with Gasteiger partial charge in [-0.25, -0.2) is 0 Å². The van der Waals surface area contributed by atoms with Gasteiger partial charge in [0.1, 0.15) is 6.10 Å². The zero-order valence-electron chi connectivity index (χ0n) is 10.7. The van der Waals surface area contributed by atoms with E-state index in [1.807, 2.05) is 6.92 Å². The molecule has 0 aliphatic carbocycles. The van der Waals surface area contributed by atoms with E-state index in [4.69, 9.17) is 9.26 Å². The van der Waals surface area contributed by atoms with Crippen molar-refractivity contribution in [3.05, 3.63) is 11.7 Å². The van der Waals surface area contributed by atoms with Crippen LogP contribution in [-0.2, 0) is 11.3 Å². The molecule has 0 aliphatic rings. The molecule has 1 N–H and O–H groups in total. The smallest absolute Gasteiger partial charge is 0.240 e. The Bertz CT molecular complexity index is 313. The van der Waals surface area contributed by atoms with Gasteiger partial charge in [0.25, 0.3) is 0 Å². The van der Waals surface area contributed by atoms with E-state index in [-0.39, 0.29) is 11.6 Å². The number of hydrogen-bond acceptors (Lipinski definition) is 5. The SMILES string of the molecule is CCC(OC)c1noc(CNC(C)(C)C)n1. The van der Waals surface area contributed by atoms with Gasteiger partial charge in [-0.2, -0.15) is 4.98 Å². The third-order valence-corrected chi connectivity index (χ3v) is 2.20. The maximum atomic E-state index is 5.24. The van der Waals surface area contributed by atoms with Crippen molar-refractivity contribution in [2.75, 3.05) is 7.11 Å². The number of aromatic nitrogens is 2. The monoisotopic (exact) mass is 227 g/mol.